The van der Waals surface area contributed by atoms with Crippen LogP contribution in [0.5, 0.6) is 11.5 Å². The van der Waals surface area contributed by atoms with E-state index in [4.69, 9.17) is 9.47 Å². The van der Waals surface area contributed by atoms with E-state index in [2.05, 4.69) is 5.32 Å². The maximum atomic E-state index is 14.6. The monoisotopic (exact) mass is 691 g/mol. The molecule has 4 aromatic carbocycles. The van der Waals surface area contributed by atoms with E-state index in [9.17, 15) is 26.8 Å². The standard InChI is InChI=1S/C37H39F2N3O6S/c1-47-34-21-20-32(23-35(34)48-2)49(45,46)42(31-18-16-29(39)17-19-31)25-36(43)41(24-27-12-14-28(38)15-13-27)33(22-26-8-4-3-5-9-26)37(44)40-30-10-6-7-11-30/h3-5,8-9,12-21,23,30,33H,6-7,10-11,22,24-25H2,1-2H3,(H,40,44). The van der Waals surface area contributed by atoms with Crippen molar-refractivity contribution in [3.63, 3.8) is 0 Å². The zero-order valence-electron chi connectivity index (χ0n) is 27.4. The van der Waals surface area contributed by atoms with Crippen LogP contribution in [0, 0.1) is 11.6 Å². The Bertz CT molecular complexity index is 1830. The predicted molar refractivity (Wildman–Crippen MR) is 182 cm³/mol. The number of rotatable bonds is 14. The number of nitrogens with one attached hydrogen (secondary N) is 1. The van der Waals surface area contributed by atoms with Crippen molar-refractivity contribution in [2.24, 2.45) is 0 Å². The summed E-state index contributed by atoms with van der Waals surface area (Å²) >= 11 is 0. The molecule has 1 aliphatic rings. The number of carbonyl (C=O) groups is 2. The number of halogens is 2. The summed E-state index contributed by atoms with van der Waals surface area (Å²) in [6.07, 6.45) is 3.74. The van der Waals surface area contributed by atoms with E-state index in [1.807, 2.05) is 30.3 Å². The minimum Gasteiger partial charge on any atom is -0.493 e. The Hall–Kier alpha value is -4.97. The highest BCUT2D eigenvalue weighted by molar-refractivity contribution is 7.92. The molecule has 9 nitrogen and oxygen atoms in total. The van der Waals surface area contributed by atoms with E-state index in [-0.39, 0.29) is 41.2 Å². The molecule has 5 rings (SSSR count). The van der Waals surface area contributed by atoms with Crippen molar-refractivity contribution in [1.82, 2.24) is 10.2 Å². The molecule has 0 spiro atoms. The molecule has 12 heteroatoms. The van der Waals surface area contributed by atoms with Crippen LogP contribution in [0.3, 0.4) is 0 Å². The molecule has 1 unspecified atom stereocenters. The molecule has 49 heavy (non-hydrogen) atoms. The van der Waals surface area contributed by atoms with Crippen LogP contribution in [-0.4, -0.2) is 58.0 Å². The number of amides is 2. The molecule has 1 saturated carbocycles. The van der Waals surface area contributed by atoms with Crippen molar-refractivity contribution in [2.75, 3.05) is 25.1 Å². The Morgan fingerprint density at radius 2 is 1.43 bits per heavy atom. The van der Waals surface area contributed by atoms with E-state index < -0.39 is 40.2 Å². The molecule has 1 atom stereocenters. The van der Waals surface area contributed by atoms with Gasteiger partial charge in [-0.3, -0.25) is 13.9 Å². The number of carbonyl (C=O) groups excluding carboxylic acids is 2. The second kappa shape index (κ2) is 16.0. The van der Waals surface area contributed by atoms with E-state index in [0.29, 0.717) is 11.3 Å². The van der Waals surface area contributed by atoms with Gasteiger partial charge in [0.25, 0.3) is 10.0 Å². The summed E-state index contributed by atoms with van der Waals surface area (Å²) in [5.74, 6) is -1.68. The maximum absolute atomic E-state index is 14.6. The maximum Gasteiger partial charge on any atom is 0.264 e. The van der Waals surface area contributed by atoms with Crippen LogP contribution in [0.25, 0.3) is 0 Å². The van der Waals surface area contributed by atoms with Crippen molar-refractivity contribution < 1.29 is 36.3 Å². The Labute approximate surface area is 285 Å². The number of anilines is 1. The third-order valence-corrected chi connectivity index (χ3v) is 10.3. The number of benzene rings is 4. The minimum absolute atomic E-state index is 0.0290. The summed E-state index contributed by atoms with van der Waals surface area (Å²) in [5, 5.41) is 3.11. The summed E-state index contributed by atoms with van der Waals surface area (Å²) in [6, 6.07) is 22.4. The molecule has 0 aliphatic heterocycles. The molecule has 1 fully saturated rings. The average Bonchev–Trinajstić information content (AvgIpc) is 3.63. The quantitative estimate of drug-likeness (QED) is 0.177. The molecule has 2 amide bonds. The van der Waals surface area contributed by atoms with Crippen molar-refractivity contribution in [1.29, 1.82) is 0 Å². The van der Waals surface area contributed by atoms with Gasteiger partial charge in [0.2, 0.25) is 11.8 Å². The van der Waals surface area contributed by atoms with Crippen molar-refractivity contribution in [3.8, 4) is 11.5 Å². The SMILES string of the molecule is COc1ccc(S(=O)(=O)N(CC(=O)N(Cc2ccc(F)cc2)C(Cc2ccccc2)C(=O)NC2CCCC2)c2ccc(F)cc2)cc1OC. The topological polar surface area (TPSA) is 105 Å². The van der Waals surface area contributed by atoms with Crippen LogP contribution in [0.4, 0.5) is 14.5 Å². The van der Waals surface area contributed by atoms with E-state index >= 15 is 0 Å². The Morgan fingerprint density at radius 3 is 2.04 bits per heavy atom. The van der Waals surface area contributed by atoms with Crippen LogP contribution >= 0.6 is 0 Å². The minimum atomic E-state index is -4.48. The lowest BCUT2D eigenvalue weighted by Gasteiger charge is -2.34. The second-order valence-electron chi connectivity index (χ2n) is 11.8. The molecule has 0 bridgehead atoms. The molecule has 0 radical (unpaired) electrons. The fourth-order valence-corrected chi connectivity index (χ4v) is 7.38. The fraction of sp³-hybridized carbons (Fsp3) is 0.297. The number of sulfonamides is 1. The number of nitrogens with zero attached hydrogens (tertiary/aromatic N) is 2. The fourth-order valence-electron chi connectivity index (χ4n) is 5.95. The van der Waals surface area contributed by atoms with Gasteiger partial charge < -0.3 is 19.7 Å². The Kier molecular flexibility index (Phi) is 11.5. The molecule has 1 aliphatic carbocycles. The molecule has 1 N–H and O–H groups in total. The van der Waals surface area contributed by atoms with Crippen molar-refractivity contribution >= 4 is 27.5 Å². The highest BCUT2D eigenvalue weighted by Crippen LogP contribution is 2.32. The molecule has 0 heterocycles. The largest absolute Gasteiger partial charge is 0.493 e. The second-order valence-corrected chi connectivity index (χ2v) is 13.7. The van der Waals surface area contributed by atoms with Crippen molar-refractivity contribution in [2.45, 2.75) is 55.6 Å². The van der Waals surface area contributed by atoms with Crippen LogP contribution in [0.1, 0.15) is 36.8 Å². The van der Waals surface area contributed by atoms with Crippen LogP contribution < -0.4 is 19.1 Å². The lowest BCUT2D eigenvalue weighted by molar-refractivity contribution is -0.140. The molecular formula is C37H39F2N3O6S. The van der Waals surface area contributed by atoms with E-state index in [0.717, 1.165) is 47.7 Å². The number of ether oxygens (including phenoxy) is 2. The van der Waals surface area contributed by atoms with Gasteiger partial charge in [0.15, 0.2) is 11.5 Å². The van der Waals surface area contributed by atoms with Gasteiger partial charge in [-0.15, -0.1) is 0 Å². The van der Waals surface area contributed by atoms with Crippen LogP contribution in [-0.2, 0) is 32.6 Å². The highest BCUT2D eigenvalue weighted by Gasteiger charge is 2.36. The summed E-state index contributed by atoms with van der Waals surface area (Å²) < 4.78 is 68.0. The zero-order chi connectivity index (χ0) is 35.0. The smallest absolute Gasteiger partial charge is 0.264 e. The summed E-state index contributed by atoms with van der Waals surface area (Å²) in [6.45, 7) is -0.839. The van der Waals surface area contributed by atoms with E-state index in [1.54, 1.807) is 0 Å². The summed E-state index contributed by atoms with van der Waals surface area (Å²) in [4.78, 5) is 29.8. The van der Waals surface area contributed by atoms with Gasteiger partial charge in [-0.25, -0.2) is 17.2 Å². The van der Waals surface area contributed by atoms with Gasteiger partial charge in [-0.2, -0.15) is 0 Å². The predicted octanol–water partition coefficient (Wildman–Crippen LogP) is 5.88. The van der Waals surface area contributed by atoms with Crippen LogP contribution in [0.2, 0.25) is 0 Å². The zero-order valence-corrected chi connectivity index (χ0v) is 28.2. The molecule has 0 saturated heterocycles. The van der Waals surface area contributed by atoms with Gasteiger partial charge in [-0.1, -0.05) is 55.3 Å². The van der Waals surface area contributed by atoms with Gasteiger partial charge in [0.05, 0.1) is 24.8 Å². The number of hydrogen-bond acceptors (Lipinski definition) is 6. The first-order valence-corrected chi connectivity index (χ1v) is 17.4. The Balaban J connectivity index is 1.57. The number of methoxy groups -OCH3 is 2. The highest BCUT2D eigenvalue weighted by atomic mass is 32.2. The van der Waals surface area contributed by atoms with Gasteiger partial charge in [0.1, 0.15) is 24.2 Å². The number of hydrogen-bond donors (Lipinski definition) is 1. The third-order valence-electron chi connectivity index (χ3n) is 8.58. The van der Waals surface area contributed by atoms with Gasteiger partial charge in [-0.05, 0) is 72.5 Å². The molecular weight excluding hydrogens is 652 g/mol. The van der Waals surface area contributed by atoms with Gasteiger partial charge >= 0.3 is 0 Å². The van der Waals surface area contributed by atoms with E-state index in [1.165, 1.54) is 73.7 Å². The molecule has 258 valence electrons. The van der Waals surface area contributed by atoms with Crippen molar-refractivity contribution in [3.05, 3.63) is 120 Å². The molecule has 0 aromatic heterocycles. The average molecular weight is 692 g/mol. The molecule has 4 aromatic rings. The first-order chi connectivity index (χ1) is 23.6. The normalized spacial score (nSPS) is 13.8. The first-order valence-electron chi connectivity index (χ1n) is 16.0. The Morgan fingerprint density at radius 1 is 0.816 bits per heavy atom. The lowest BCUT2D eigenvalue weighted by Crippen LogP contribution is -2.54. The van der Waals surface area contributed by atoms with Crippen LogP contribution in [0.15, 0.2) is 102 Å². The third kappa shape index (κ3) is 8.74. The first kappa shape index (κ1) is 35.3. The van der Waals surface area contributed by atoms with Gasteiger partial charge in [0, 0.05) is 25.1 Å². The lowest BCUT2D eigenvalue weighted by atomic mass is 10.0. The summed E-state index contributed by atoms with van der Waals surface area (Å²) in [7, 11) is -1.69. The summed E-state index contributed by atoms with van der Waals surface area (Å²) in [5.41, 5.74) is 1.36.